The van der Waals surface area contributed by atoms with E-state index in [1.807, 2.05) is 43.3 Å². The average Bonchev–Trinajstić information content (AvgIpc) is 3.04. The van der Waals surface area contributed by atoms with E-state index < -0.39 is 11.9 Å². The van der Waals surface area contributed by atoms with Gasteiger partial charge in [-0.1, -0.05) is 43.3 Å². The monoisotopic (exact) mass is 393 g/mol. The van der Waals surface area contributed by atoms with E-state index in [9.17, 15) is 14.7 Å². The minimum absolute atomic E-state index is 0.0475. The van der Waals surface area contributed by atoms with Gasteiger partial charge in [-0.25, -0.2) is 0 Å². The van der Waals surface area contributed by atoms with Crippen molar-refractivity contribution in [2.24, 2.45) is 17.8 Å². The van der Waals surface area contributed by atoms with E-state index in [-0.39, 0.29) is 30.1 Å². The number of hydrogen-bond donors (Lipinski definition) is 2. The molecular weight excluding hydrogens is 366 g/mol. The predicted molar refractivity (Wildman–Crippen MR) is 110 cm³/mol. The fraction of sp³-hybridized carbons (Fsp3) is 0.417. The molecule has 0 unspecified atom stereocenters. The number of nitrogens with one attached hydrogen (secondary N) is 1. The predicted octanol–water partition coefficient (Wildman–Crippen LogP) is 3.77. The van der Waals surface area contributed by atoms with Crippen molar-refractivity contribution in [3.8, 4) is 5.75 Å². The molecule has 0 spiro atoms. The van der Waals surface area contributed by atoms with Crippen LogP contribution >= 0.6 is 0 Å². The van der Waals surface area contributed by atoms with E-state index in [1.54, 1.807) is 0 Å². The first-order valence-electron chi connectivity index (χ1n) is 10.3. The van der Waals surface area contributed by atoms with Crippen molar-refractivity contribution in [3.05, 3.63) is 65.2 Å². The molecule has 1 heterocycles. The van der Waals surface area contributed by atoms with Gasteiger partial charge in [0.05, 0.1) is 5.92 Å². The van der Waals surface area contributed by atoms with E-state index in [0.717, 1.165) is 29.7 Å². The van der Waals surface area contributed by atoms with Crippen molar-refractivity contribution in [2.45, 2.75) is 38.7 Å². The Morgan fingerprint density at radius 3 is 2.76 bits per heavy atom. The van der Waals surface area contributed by atoms with Crippen LogP contribution in [0.25, 0.3) is 0 Å². The van der Waals surface area contributed by atoms with Gasteiger partial charge >= 0.3 is 5.97 Å². The third-order valence-corrected chi connectivity index (χ3v) is 6.40. The number of aliphatic carboxylic acids is 1. The molecule has 0 bridgehead atoms. The quantitative estimate of drug-likeness (QED) is 0.829. The number of amides is 1. The minimum Gasteiger partial charge on any atom is -0.489 e. The number of benzene rings is 2. The number of rotatable bonds is 4. The van der Waals surface area contributed by atoms with Crippen LogP contribution in [-0.4, -0.2) is 23.5 Å². The Morgan fingerprint density at radius 1 is 1.21 bits per heavy atom. The number of ether oxygens (including phenoxy) is 1. The third kappa shape index (κ3) is 4.14. The largest absolute Gasteiger partial charge is 0.489 e. The summed E-state index contributed by atoms with van der Waals surface area (Å²) in [6.07, 6.45) is 1.79. The summed E-state index contributed by atoms with van der Waals surface area (Å²) in [5.41, 5.74) is 3.43. The van der Waals surface area contributed by atoms with Crippen molar-refractivity contribution in [1.29, 1.82) is 0 Å². The number of carboxylic acids is 1. The van der Waals surface area contributed by atoms with Crippen LogP contribution in [0.5, 0.6) is 5.75 Å². The van der Waals surface area contributed by atoms with Gasteiger partial charge in [0.1, 0.15) is 12.4 Å². The first-order valence-corrected chi connectivity index (χ1v) is 10.3. The van der Waals surface area contributed by atoms with Crippen molar-refractivity contribution in [3.63, 3.8) is 0 Å². The summed E-state index contributed by atoms with van der Waals surface area (Å²) in [5.74, 6) is -0.545. The molecule has 1 aliphatic carbocycles. The number of carbonyl (C=O) groups excluding carboxylic acids is 1. The molecule has 5 heteroatoms. The molecule has 2 aliphatic rings. The Balaban J connectivity index is 1.62. The van der Waals surface area contributed by atoms with Crippen LogP contribution in [0.3, 0.4) is 0 Å². The highest BCUT2D eigenvalue weighted by Gasteiger charge is 2.47. The number of carboxylic acid groups (broad SMARTS) is 1. The third-order valence-electron chi connectivity index (χ3n) is 6.40. The van der Waals surface area contributed by atoms with E-state index >= 15 is 0 Å². The summed E-state index contributed by atoms with van der Waals surface area (Å²) in [6.45, 7) is 3.05. The molecule has 29 heavy (non-hydrogen) atoms. The second-order valence-electron chi connectivity index (χ2n) is 8.29. The zero-order valence-electron chi connectivity index (χ0n) is 16.6. The Hall–Kier alpha value is -2.82. The SMILES string of the molecule is C[C@H]1C[C@@H]2c3ccc(OCc4ccccc4)cc3CCNC(=O)C[C@H]2[C@@H]1C(=O)O. The van der Waals surface area contributed by atoms with Crippen LogP contribution in [0.2, 0.25) is 0 Å². The Morgan fingerprint density at radius 2 is 2.00 bits per heavy atom. The summed E-state index contributed by atoms with van der Waals surface area (Å²) < 4.78 is 5.99. The lowest BCUT2D eigenvalue weighted by atomic mass is 9.80. The number of fused-ring (bicyclic) bond motifs is 3. The lowest BCUT2D eigenvalue weighted by molar-refractivity contribution is -0.144. The first kappa shape index (κ1) is 19.5. The summed E-state index contributed by atoms with van der Waals surface area (Å²) in [6, 6.07) is 16.1. The minimum atomic E-state index is -0.790. The molecule has 1 fully saturated rings. The molecule has 2 N–H and O–H groups in total. The summed E-state index contributed by atoms with van der Waals surface area (Å²) in [5, 5.41) is 12.7. The summed E-state index contributed by atoms with van der Waals surface area (Å²) in [7, 11) is 0. The maximum atomic E-state index is 12.4. The van der Waals surface area contributed by atoms with Gasteiger partial charge in [0, 0.05) is 13.0 Å². The van der Waals surface area contributed by atoms with E-state index in [0.29, 0.717) is 13.2 Å². The van der Waals surface area contributed by atoms with Gasteiger partial charge in [-0.2, -0.15) is 0 Å². The van der Waals surface area contributed by atoms with Crippen LogP contribution in [0.4, 0.5) is 0 Å². The smallest absolute Gasteiger partial charge is 0.307 e. The zero-order valence-corrected chi connectivity index (χ0v) is 16.6. The molecule has 0 saturated heterocycles. The van der Waals surface area contributed by atoms with Crippen molar-refractivity contribution < 1.29 is 19.4 Å². The highest BCUT2D eigenvalue weighted by atomic mass is 16.5. The highest BCUT2D eigenvalue weighted by molar-refractivity contribution is 5.79. The van der Waals surface area contributed by atoms with Crippen LogP contribution in [-0.2, 0) is 22.6 Å². The van der Waals surface area contributed by atoms with Crippen molar-refractivity contribution >= 4 is 11.9 Å². The standard InChI is InChI=1S/C24H27NO4/c1-15-11-20-19-8-7-18(29-14-16-5-3-2-4-6-16)12-17(19)9-10-25-22(26)13-21(20)23(15)24(27)28/h2-8,12,15,20-21,23H,9-11,13-14H2,1H3,(H,25,26)(H,27,28)/t15-,20+,21+,23+/m0/s1. The van der Waals surface area contributed by atoms with E-state index in [4.69, 9.17) is 4.74 Å². The average molecular weight is 393 g/mol. The van der Waals surface area contributed by atoms with Gasteiger partial charge in [0.15, 0.2) is 0 Å². The summed E-state index contributed by atoms with van der Waals surface area (Å²) in [4.78, 5) is 24.2. The molecular formula is C24H27NO4. The van der Waals surface area contributed by atoms with Gasteiger partial charge in [0.25, 0.3) is 0 Å². The van der Waals surface area contributed by atoms with Crippen LogP contribution in [0.15, 0.2) is 48.5 Å². The highest BCUT2D eigenvalue weighted by Crippen LogP contribution is 2.50. The molecule has 0 aromatic heterocycles. The lowest BCUT2D eigenvalue weighted by Crippen LogP contribution is -2.31. The lowest BCUT2D eigenvalue weighted by Gasteiger charge is -2.24. The van der Waals surface area contributed by atoms with Gasteiger partial charge in [-0.15, -0.1) is 0 Å². The molecule has 1 amide bonds. The fourth-order valence-corrected chi connectivity index (χ4v) is 5.06. The Kier molecular flexibility index (Phi) is 5.56. The second-order valence-corrected chi connectivity index (χ2v) is 8.29. The first-order chi connectivity index (χ1) is 14.0. The molecule has 2 aromatic rings. The van der Waals surface area contributed by atoms with Crippen molar-refractivity contribution in [2.75, 3.05) is 6.54 Å². The van der Waals surface area contributed by atoms with Crippen molar-refractivity contribution in [1.82, 2.24) is 5.32 Å². The molecule has 1 saturated carbocycles. The number of carbonyl (C=O) groups is 2. The molecule has 4 rings (SSSR count). The molecule has 2 aromatic carbocycles. The van der Waals surface area contributed by atoms with Crippen LogP contribution in [0.1, 0.15) is 42.4 Å². The molecule has 5 nitrogen and oxygen atoms in total. The number of hydrogen-bond acceptors (Lipinski definition) is 3. The van der Waals surface area contributed by atoms with Crippen LogP contribution < -0.4 is 10.1 Å². The molecule has 1 aliphatic heterocycles. The molecule has 4 atom stereocenters. The maximum Gasteiger partial charge on any atom is 0.307 e. The van der Waals surface area contributed by atoms with Gasteiger partial charge in [-0.3, -0.25) is 9.59 Å². The topological polar surface area (TPSA) is 75.6 Å². The second kappa shape index (κ2) is 8.27. The molecule has 0 radical (unpaired) electrons. The maximum absolute atomic E-state index is 12.4. The normalized spacial score (nSPS) is 26.3. The van der Waals surface area contributed by atoms with E-state index in [1.165, 1.54) is 5.56 Å². The van der Waals surface area contributed by atoms with Gasteiger partial charge < -0.3 is 15.2 Å². The molecule has 152 valence electrons. The van der Waals surface area contributed by atoms with Gasteiger partial charge in [0.2, 0.25) is 5.91 Å². The van der Waals surface area contributed by atoms with E-state index in [2.05, 4.69) is 17.4 Å². The van der Waals surface area contributed by atoms with Gasteiger partial charge in [-0.05, 0) is 59.4 Å². The fourth-order valence-electron chi connectivity index (χ4n) is 5.06. The Labute approximate surface area is 171 Å². The summed E-state index contributed by atoms with van der Waals surface area (Å²) >= 11 is 0. The zero-order chi connectivity index (χ0) is 20.4. The van der Waals surface area contributed by atoms with Crippen LogP contribution in [0, 0.1) is 17.8 Å². The Bertz CT molecular complexity index is 895.